The molecule has 1 aromatic heterocycles. The first-order valence-electron chi connectivity index (χ1n) is 7.13. The minimum Gasteiger partial charge on any atom is -0.366 e. The lowest BCUT2D eigenvalue weighted by Gasteiger charge is -2.24. The Kier molecular flexibility index (Phi) is 5.13. The van der Waals surface area contributed by atoms with Gasteiger partial charge in [-0.3, -0.25) is 4.98 Å². The topological polar surface area (TPSA) is 42.1 Å². The summed E-state index contributed by atoms with van der Waals surface area (Å²) < 4.78 is 0. The monoisotopic (exact) mass is 269 g/mol. The van der Waals surface area contributed by atoms with Crippen molar-refractivity contribution < 1.29 is 0 Å². The zero-order valence-electron chi connectivity index (χ0n) is 12.3. The van der Waals surface area contributed by atoms with Crippen molar-refractivity contribution in [2.75, 3.05) is 18.0 Å². The van der Waals surface area contributed by atoms with E-state index in [9.17, 15) is 0 Å². The second-order valence-electron chi connectivity index (χ2n) is 5.17. The molecule has 1 heterocycles. The standard InChI is InChI=1S/C17H23N3/c1-14-7-9-17(10-8-14)20(12-4-11-18)13-16-6-3-5-15(2)19-16/h3,5-10H,4,11-13,18H2,1-2H3. The van der Waals surface area contributed by atoms with Crippen LogP contribution in [0.2, 0.25) is 0 Å². The van der Waals surface area contributed by atoms with Crippen molar-refractivity contribution in [3.8, 4) is 0 Å². The quantitative estimate of drug-likeness (QED) is 0.876. The number of hydrogen-bond acceptors (Lipinski definition) is 3. The zero-order chi connectivity index (χ0) is 14.4. The zero-order valence-corrected chi connectivity index (χ0v) is 12.3. The largest absolute Gasteiger partial charge is 0.366 e. The molecule has 106 valence electrons. The molecule has 0 atom stereocenters. The van der Waals surface area contributed by atoms with Crippen LogP contribution in [0, 0.1) is 13.8 Å². The van der Waals surface area contributed by atoms with E-state index in [4.69, 9.17) is 5.73 Å². The summed E-state index contributed by atoms with van der Waals surface area (Å²) in [6.07, 6.45) is 0.986. The molecule has 0 aliphatic heterocycles. The van der Waals surface area contributed by atoms with Crippen molar-refractivity contribution in [1.29, 1.82) is 0 Å². The molecule has 0 spiro atoms. The van der Waals surface area contributed by atoms with Gasteiger partial charge in [0.25, 0.3) is 0 Å². The number of pyridine rings is 1. The summed E-state index contributed by atoms with van der Waals surface area (Å²) in [6.45, 7) is 6.62. The predicted octanol–water partition coefficient (Wildman–Crippen LogP) is 3.05. The molecule has 0 amide bonds. The number of nitrogens with two attached hydrogens (primary N) is 1. The summed E-state index contributed by atoms with van der Waals surface area (Å²) in [5.74, 6) is 0. The highest BCUT2D eigenvalue weighted by molar-refractivity contribution is 5.47. The summed E-state index contributed by atoms with van der Waals surface area (Å²) >= 11 is 0. The summed E-state index contributed by atoms with van der Waals surface area (Å²) in [4.78, 5) is 6.93. The Labute approximate surface area is 121 Å². The molecule has 0 saturated carbocycles. The van der Waals surface area contributed by atoms with Gasteiger partial charge in [-0.05, 0) is 51.1 Å². The van der Waals surface area contributed by atoms with Gasteiger partial charge in [0.05, 0.1) is 12.2 Å². The van der Waals surface area contributed by atoms with Gasteiger partial charge >= 0.3 is 0 Å². The van der Waals surface area contributed by atoms with E-state index < -0.39 is 0 Å². The van der Waals surface area contributed by atoms with Crippen molar-refractivity contribution in [2.24, 2.45) is 5.73 Å². The lowest BCUT2D eigenvalue weighted by atomic mass is 10.2. The number of anilines is 1. The SMILES string of the molecule is Cc1ccc(N(CCCN)Cc2cccc(C)n2)cc1. The van der Waals surface area contributed by atoms with Crippen LogP contribution in [0.1, 0.15) is 23.4 Å². The van der Waals surface area contributed by atoms with Crippen molar-refractivity contribution in [3.63, 3.8) is 0 Å². The summed E-state index contributed by atoms with van der Waals surface area (Å²) in [6, 6.07) is 14.8. The number of nitrogens with zero attached hydrogens (tertiary/aromatic N) is 2. The summed E-state index contributed by atoms with van der Waals surface area (Å²) in [5, 5.41) is 0. The second kappa shape index (κ2) is 7.06. The molecule has 0 aliphatic rings. The minimum absolute atomic E-state index is 0.712. The highest BCUT2D eigenvalue weighted by atomic mass is 15.1. The summed E-state index contributed by atoms with van der Waals surface area (Å²) in [5.41, 5.74) is 10.3. The van der Waals surface area contributed by atoms with Crippen LogP contribution in [-0.4, -0.2) is 18.1 Å². The fraction of sp³-hybridized carbons (Fsp3) is 0.353. The molecule has 0 radical (unpaired) electrons. The van der Waals surface area contributed by atoms with Crippen LogP contribution in [0.3, 0.4) is 0 Å². The molecular formula is C17H23N3. The van der Waals surface area contributed by atoms with E-state index in [0.717, 1.165) is 30.9 Å². The predicted molar refractivity (Wildman–Crippen MR) is 84.9 cm³/mol. The number of rotatable bonds is 6. The Balaban J connectivity index is 2.16. The van der Waals surface area contributed by atoms with E-state index >= 15 is 0 Å². The molecule has 0 saturated heterocycles. The smallest absolute Gasteiger partial charge is 0.0602 e. The molecule has 2 N–H and O–H groups in total. The number of benzene rings is 1. The van der Waals surface area contributed by atoms with Crippen LogP contribution in [0.15, 0.2) is 42.5 Å². The van der Waals surface area contributed by atoms with Gasteiger partial charge < -0.3 is 10.6 Å². The first kappa shape index (κ1) is 14.5. The van der Waals surface area contributed by atoms with Crippen LogP contribution in [0.4, 0.5) is 5.69 Å². The van der Waals surface area contributed by atoms with Gasteiger partial charge in [0.2, 0.25) is 0 Å². The van der Waals surface area contributed by atoms with E-state index in [1.54, 1.807) is 0 Å². The van der Waals surface area contributed by atoms with Gasteiger partial charge in [0.1, 0.15) is 0 Å². The molecular weight excluding hydrogens is 246 g/mol. The Hall–Kier alpha value is -1.87. The van der Waals surface area contributed by atoms with Gasteiger partial charge in [-0.15, -0.1) is 0 Å². The van der Waals surface area contributed by atoms with Crippen molar-refractivity contribution in [3.05, 3.63) is 59.4 Å². The van der Waals surface area contributed by atoms with Gasteiger partial charge in [-0.2, -0.15) is 0 Å². The van der Waals surface area contributed by atoms with E-state index in [1.807, 2.05) is 13.0 Å². The number of aryl methyl sites for hydroxylation is 2. The molecule has 0 bridgehead atoms. The maximum absolute atomic E-state index is 5.65. The third-order valence-electron chi connectivity index (χ3n) is 3.33. The minimum atomic E-state index is 0.712. The Morgan fingerprint density at radius 1 is 1.05 bits per heavy atom. The van der Waals surface area contributed by atoms with Crippen molar-refractivity contribution in [1.82, 2.24) is 4.98 Å². The number of aromatic nitrogens is 1. The van der Waals surface area contributed by atoms with Gasteiger partial charge in [0, 0.05) is 17.9 Å². The van der Waals surface area contributed by atoms with Gasteiger partial charge in [0.15, 0.2) is 0 Å². The highest BCUT2D eigenvalue weighted by Crippen LogP contribution is 2.18. The van der Waals surface area contributed by atoms with Crippen LogP contribution in [-0.2, 0) is 6.54 Å². The van der Waals surface area contributed by atoms with Gasteiger partial charge in [-0.1, -0.05) is 23.8 Å². The molecule has 2 rings (SSSR count). The van der Waals surface area contributed by atoms with E-state index in [1.165, 1.54) is 11.3 Å². The fourth-order valence-corrected chi connectivity index (χ4v) is 2.22. The Morgan fingerprint density at radius 2 is 1.80 bits per heavy atom. The third kappa shape index (κ3) is 4.07. The van der Waals surface area contributed by atoms with Crippen LogP contribution >= 0.6 is 0 Å². The lowest BCUT2D eigenvalue weighted by Crippen LogP contribution is -2.26. The average molecular weight is 269 g/mol. The lowest BCUT2D eigenvalue weighted by molar-refractivity contribution is 0.725. The van der Waals surface area contributed by atoms with Crippen LogP contribution in [0.25, 0.3) is 0 Å². The highest BCUT2D eigenvalue weighted by Gasteiger charge is 2.08. The van der Waals surface area contributed by atoms with E-state index in [-0.39, 0.29) is 0 Å². The molecule has 0 unspecified atom stereocenters. The third-order valence-corrected chi connectivity index (χ3v) is 3.33. The Morgan fingerprint density at radius 3 is 2.45 bits per heavy atom. The Bertz CT molecular complexity index is 534. The maximum atomic E-state index is 5.65. The van der Waals surface area contributed by atoms with E-state index in [2.05, 4.69) is 53.2 Å². The first-order valence-corrected chi connectivity index (χ1v) is 7.13. The second-order valence-corrected chi connectivity index (χ2v) is 5.17. The van der Waals surface area contributed by atoms with Crippen molar-refractivity contribution in [2.45, 2.75) is 26.8 Å². The molecule has 20 heavy (non-hydrogen) atoms. The fourth-order valence-electron chi connectivity index (χ4n) is 2.22. The average Bonchev–Trinajstić information content (AvgIpc) is 2.44. The van der Waals surface area contributed by atoms with Crippen molar-refractivity contribution >= 4 is 5.69 Å². The maximum Gasteiger partial charge on any atom is 0.0602 e. The van der Waals surface area contributed by atoms with Crippen LogP contribution in [0.5, 0.6) is 0 Å². The summed E-state index contributed by atoms with van der Waals surface area (Å²) in [7, 11) is 0. The molecule has 2 aromatic rings. The molecule has 3 heteroatoms. The van der Waals surface area contributed by atoms with E-state index in [0.29, 0.717) is 6.54 Å². The molecule has 3 nitrogen and oxygen atoms in total. The van der Waals surface area contributed by atoms with Gasteiger partial charge in [-0.25, -0.2) is 0 Å². The first-order chi connectivity index (χ1) is 9.69. The number of hydrogen-bond donors (Lipinski definition) is 1. The molecule has 0 aliphatic carbocycles. The van der Waals surface area contributed by atoms with Crippen LogP contribution < -0.4 is 10.6 Å². The normalized spacial score (nSPS) is 10.6. The molecule has 0 fully saturated rings. The molecule has 1 aromatic carbocycles.